The van der Waals surface area contributed by atoms with E-state index in [1.165, 1.54) is 5.56 Å². The van der Waals surface area contributed by atoms with Crippen LogP contribution in [0.5, 0.6) is 0 Å². The van der Waals surface area contributed by atoms with Crippen LogP contribution in [0.15, 0.2) is 53.0 Å². The van der Waals surface area contributed by atoms with Gasteiger partial charge in [0.15, 0.2) is 0 Å². The maximum Gasteiger partial charge on any atom is 0.0846 e. The van der Waals surface area contributed by atoms with E-state index in [-0.39, 0.29) is 10.8 Å². The SMILES string of the molecule is CC(C)(C)c1ccc(C(Cl)c2ccccc2Br)cc1. The van der Waals surface area contributed by atoms with Gasteiger partial charge in [0.05, 0.1) is 5.38 Å². The number of benzene rings is 2. The maximum absolute atomic E-state index is 6.57. The van der Waals surface area contributed by atoms with Gasteiger partial charge in [0, 0.05) is 4.47 Å². The molecule has 0 amide bonds. The minimum absolute atomic E-state index is 0.121. The van der Waals surface area contributed by atoms with E-state index in [0.29, 0.717) is 0 Å². The van der Waals surface area contributed by atoms with Gasteiger partial charge in [-0.1, -0.05) is 79.2 Å². The first-order valence-corrected chi connectivity index (χ1v) is 7.61. The van der Waals surface area contributed by atoms with Crippen LogP contribution in [0.2, 0.25) is 0 Å². The van der Waals surface area contributed by atoms with E-state index in [0.717, 1.165) is 15.6 Å². The smallest absolute Gasteiger partial charge is 0.0846 e. The van der Waals surface area contributed by atoms with Crippen molar-refractivity contribution < 1.29 is 0 Å². The predicted molar refractivity (Wildman–Crippen MR) is 87.0 cm³/mol. The van der Waals surface area contributed by atoms with Crippen LogP contribution in [-0.4, -0.2) is 0 Å². The standard InChI is InChI=1S/C17H18BrCl/c1-17(2,3)13-10-8-12(9-11-13)16(19)14-6-4-5-7-15(14)18/h4-11,16H,1-3H3. The molecule has 0 bridgehead atoms. The summed E-state index contributed by atoms with van der Waals surface area (Å²) in [6, 6.07) is 16.7. The summed E-state index contributed by atoms with van der Waals surface area (Å²) >= 11 is 10.1. The highest BCUT2D eigenvalue weighted by molar-refractivity contribution is 9.10. The summed E-state index contributed by atoms with van der Waals surface area (Å²) in [7, 11) is 0. The molecule has 0 spiro atoms. The van der Waals surface area contributed by atoms with Gasteiger partial charge in [-0.05, 0) is 28.2 Å². The van der Waals surface area contributed by atoms with Crippen molar-refractivity contribution in [3.8, 4) is 0 Å². The molecule has 2 rings (SSSR count). The Labute approximate surface area is 128 Å². The van der Waals surface area contributed by atoms with E-state index in [9.17, 15) is 0 Å². The lowest BCUT2D eigenvalue weighted by atomic mass is 9.86. The van der Waals surface area contributed by atoms with E-state index in [2.05, 4.69) is 67.0 Å². The number of alkyl halides is 1. The van der Waals surface area contributed by atoms with E-state index in [1.54, 1.807) is 0 Å². The zero-order valence-corrected chi connectivity index (χ0v) is 13.8. The summed E-state index contributed by atoms with van der Waals surface area (Å²) in [5, 5.41) is -0.121. The van der Waals surface area contributed by atoms with Gasteiger partial charge in [-0.2, -0.15) is 0 Å². The molecule has 100 valence electrons. The topological polar surface area (TPSA) is 0 Å². The van der Waals surface area contributed by atoms with Crippen LogP contribution in [0.25, 0.3) is 0 Å². The summed E-state index contributed by atoms with van der Waals surface area (Å²) in [6.07, 6.45) is 0. The fourth-order valence-electron chi connectivity index (χ4n) is 2.01. The first-order chi connectivity index (χ1) is 8.89. The molecule has 1 unspecified atom stereocenters. The Hall–Kier alpha value is -0.790. The highest BCUT2D eigenvalue weighted by Gasteiger charge is 2.16. The first-order valence-electron chi connectivity index (χ1n) is 6.38. The number of halogens is 2. The third-order valence-corrected chi connectivity index (χ3v) is 4.46. The maximum atomic E-state index is 6.57. The van der Waals surface area contributed by atoms with Gasteiger partial charge in [0.1, 0.15) is 0 Å². The van der Waals surface area contributed by atoms with Crippen molar-refractivity contribution in [2.45, 2.75) is 31.6 Å². The Balaban J connectivity index is 2.31. The van der Waals surface area contributed by atoms with Crippen LogP contribution >= 0.6 is 27.5 Å². The molecule has 0 aliphatic carbocycles. The van der Waals surface area contributed by atoms with Crippen molar-refractivity contribution in [2.75, 3.05) is 0 Å². The molecular weight excluding hydrogens is 320 g/mol. The van der Waals surface area contributed by atoms with Crippen LogP contribution in [0.1, 0.15) is 42.8 Å². The fraction of sp³-hybridized carbons (Fsp3) is 0.294. The van der Waals surface area contributed by atoms with Crippen molar-refractivity contribution in [3.63, 3.8) is 0 Å². The molecule has 1 atom stereocenters. The third kappa shape index (κ3) is 3.40. The zero-order valence-electron chi connectivity index (χ0n) is 11.5. The van der Waals surface area contributed by atoms with Crippen molar-refractivity contribution >= 4 is 27.5 Å². The average molecular weight is 338 g/mol. The molecule has 0 fully saturated rings. The number of hydrogen-bond acceptors (Lipinski definition) is 0. The van der Waals surface area contributed by atoms with Crippen LogP contribution in [0.4, 0.5) is 0 Å². The van der Waals surface area contributed by atoms with Crippen molar-refractivity contribution in [3.05, 3.63) is 69.7 Å². The summed E-state index contributed by atoms with van der Waals surface area (Å²) in [5.74, 6) is 0. The van der Waals surface area contributed by atoms with Gasteiger partial charge in [-0.3, -0.25) is 0 Å². The number of rotatable bonds is 2. The van der Waals surface area contributed by atoms with Crippen LogP contribution in [0, 0.1) is 0 Å². The van der Waals surface area contributed by atoms with Gasteiger partial charge >= 0.3 is 0 Å². The molecule has 0 aliphatic heterocycles. The summed E-state index contributed by atoms with van der Waals surface area (Å²) in [6.45, 7) is 6.65. The summed E-state index contributed by atoms with van der Waals surface area (Å²) in [4.78, 5) is 0. The Morgan fingerprint density at radius 2 is 1.53 bits per heavy atom. The Bertz CT molecular complexity index is 552. The van der Waals surface area contributed by atoms with Gasteiger partial charge in [-0.15, -0.1) is 11.6 Å². The lowest BCUT2D eigenvalue weighted by Crippen LogP contribution is -2.10. The van der Waals surface area contributed by atoms with Gasteiger partial charge in [0.25, 0.3) is 0 Å². The normalized spacial score (nSPS) is 13.3. The highest BCUT2D eigenvalue weighted by atomic mass is 79.9. The molecule has 0 nitrogen and oxygen atoms in total. The zero-order chi connectivity index (χ0) is 14.0. The molecule has 0 heterocycles. The molecule has 0 aliphatic rings. The minimum Gasteiger partial charge on any atom is -0.113 e. The van der Waals surface area contributed by atoms with Crippen molar-refractivity contribution in [1.82, 2.24) is 0 Å². The molecule has 0 aromatic heterocycles. The second kappa shape index (κ2) is 5.68. The quantitative estimate of drug-likeness (QED) is 0.583. The Morgan fingerprint density at radius 3 is 2.05 bits per heavy atom. The van der Waals surface area contributed by atoms with Crippen LogP contribution in [-0.2, 0) is 5.41 Å². The fourth-order valence-corrected chi connectivity index (χ4v) is 2.99. The van der Waals surface area contributed by atoms with E-state index in [4.69, 9.17) is 11.6 Å². The van der Waals surface area contributed by atoms with Crippen molar-refractivity contribution in [2.24, 2.45) is 0 Å². The monoisotopic (exact) mass is 336 g/mol. The van der Waals surface area contributed by atoms with Crippen LogP contribution < -0.4 is 0 Å². The van der Waals surface area contributed by atoms with E-state index >= 15 is 0 Å². The molecule has 2 aromatic rings. The van der Waals surface area contributed by atoms with E-state index < -0.39 is 0 Å². The van der Waals surface area contributed by atoms with Crippen molar-refractivity contribution in [1.29, 1.82) is 0 Å². The highest BCUT2D eigenvalue weighted by Crippen LogP contribution is 2.34. The summed E-state index contributed by atoms with van der Waals surface area (Å²) in [5.41, 5.74) is 3.73. The second-order valence-electron chi connectivity index (χ2n) is 5.76. The van der Waals surface area contributed by atoms with Crippen LogP contribution in [0.3, 0.4) is 0 Å². The van der Waals surface area contributed by atoms with Gasteiger partial charge in [-0.25, -0.2) is 0 Å². The predicted octanol–water partition coefficient (Wildman–Crippen LogP) is 6.07. The second-order valence-corrected chi connectivity index (χ2v) is 7.05. The first kappa shape index (κ1) is 14.6. The van der Waals surface area contributed by atoms with E-state index in [1.807, 2.05) is 18.2 Å². The largest absolute Gasteiger partial charge is 0.113 e. The molecule has 19 heavy (non-hydrogen) atoms. The number of hydrogen-bond donors (Lipinski definition) is 0. The summed E-state index contributed by atoms with van der Waals surface area (Å²) < 4.78 is 1.05. The Morgan fingerprint density at radius 1 is 0.947 bits per heavy atom. The lowest BCUT2D eigenvalue weighted by Gasteiger charge is -2.20. The molecule has 0 N–H and O–H groups in total. The molecule has 2 heteroatoms. The molecule has 0 radical (unpaired) electrons. The van der Waals surface area contributed by atoms with Gasteiger partial charge in [0.2, 0.25) is 0 Å². The minimum atomic E-state index is -0.121. The third-order valence-electron chi connectivity index (χ3n) is 3.25. The Kier molecular flexibility index (Phi) is 4.37. The lowest BCUT2D eigenvalue weighted by molar-refractivity contribution is 0.590. The molecule has 0 saturated heterocycles. The van der Waals surface area contributed by atoms with Gasteiger partial charge < -0.3 is 0 Å². The molecule has 2 aromatic carbocycles. The average Bonchev–Trinajstić information content (AvgIpc) is 2.38. The molecular formula is C17H18BrCl. The molecule has 0 saturated carbocycles.